The van der Waals surface area contributed by atoms with Gasteiger partial charge in [0.15, 0.2) is 11.5 Å². The van der Waals surface area contributed by atoms with Gasteiger partial charge in [0.05, 0.1) is 37.3 Å². The molecule has 1 saturated carbocycles. The molecule has 1 aromatic rings. The second-order valence-corrected chi connectivity index (χ2v) is 9.16. The number of aromatic hydroxyl groups is 1. The van der Waals surface area contributed by atoms with Crippen molar-refractivity contribution < 1.29 is 19.5 Å². The molecular formula is C22H31N2O3+. The molecule has 1 spiro atoms. The highest BCUT2D eigenvalue weighted by molar-refractivity contribution is 5.98. The zero-order chi connectivity index (χ0) is 19.0. The highest BCUT2D eigenvalue weighted by atomic mass is 16.5. The number of phenolic OH excluding ortho intramolecular Hbond substituents is 1. The SMILES string of the molecule is CC[C@@]12CCC[NH+]3CC[C@@]4(c5ccc(OC)c(O)c5N(C(C)=O)[C@@H]4CC1)[C@@H]32. The van der Waals surface area contributed by atoms with Crippen LogP contribution in [0.15, 0.2) is 12.1 Å². The van der Waals surface area contributed by atoms with E-state index in [9.17, 15) is 9.90 Å². The first-order chi connectivity index (χ1) is 13.0. The Balaban J connectivity index is 1.77. The fraction of sp³-hybridized carbons (Fsp3) is 0.682. The number of nitrogens with zero attached hydrogens (tertiary/aromatic N) is 1. The van der Waals surface area contributed by atoms with Gasteiger partial charge < -0.3 is 19.6 Å². The first-order valence-electron chi connectivity index (χ1n) is 10.5. The molecule has 1 unspecified atom stereocenters. The van der Waals surface area contributed by atoms with Gasteiger partial charge in [-0.25, -0.2) is 0 Å². The predicted octanol–water partition coefficient (Wildman–Crippen LogP) is 2.01. The van der Waals surface area contributed by atoms with Crippen LogP contribution in [-0.2, 0) is 10.2 Å². The van der Waals surface area contributed by atoms with Crippen molar-refractivity contribution in [2.75, 3.05) is 25.1 Å². The van der Waals surface area contributed by atoms with Crippen LogP contribution in [0.4, 0.5) is 5.69 Å². The van der Waals surface area contributed by atoms with Gasteiger partial charge in [-0.15, -0.1) is 0 Å². The number of hydrogen-bond donors (Lipinski definition) is 2. The van der Waals surface area contributed by atoms with Crippen molar-refractivity contribution >= 4 is 11.6 Å². The fourth-order valence-electron chi connectivity index (χ4n) is 7.66. The van der Waals surface area contributed by atoms with Gasteiger partial charge in [0.25, 0.3) is 0 Å². The van der Waals surface area contributed by atoms with Crippen LogP contribution in [0.25, 0.3) is 0 Å². The lowest BCUT2D eigenvalue weighted by Gasteiger charge is -2.55. The highest BCUT2D eigenvalue weighted by Gasteiger charge is 2.71. The maximum Gasteiger partial charge on any atom is 0.224 e. The quantitative estimate of drug-likeness (QED) is 0.836. The Hall–Kier alpha value is -1.75. The van der Waals surface area contributed by atoms with Crippen molar-refractivity contribution in [1.29, 1.82) is 0 Å². The Morgan fingerprint density at radius 2 is 2.15 bits per heavy atom. The third-order valence-electron chi connectivity index (χ3n) is 8.51. The van der Waals surface area contributed by atoms with Crippen LogP contribution in [0.1, 0.15) is 57.9 Å². The van der Waals surface area contributed by atoms with Crippen LogP contribution in [0.3, 0.4) is 0 Å². The van der Waals surface area contributed by atoms with Gasteiger partial charge >= 0.3 is 0 Å². The minimum Gasteiger partial charge on any atom is -0.503 e. The van der Waals surface area contributed by atoms with E-state index in [0.717, 1.165) is 18.5 Å². The number of rotatable bonds is 2. The summed E-state index contributed by atoms with van der Waals surface area (Å²) < 4.78 is 5.38. The molecule has 0 bridgehead atoms. The average molecular weight is 372 g/mol. The number of amides is 1. The van der Waals surface area contributed by atoms with Gasteiger partial charge in [-0.2, -0.15) is 0 Å². The minimum atomic E-state index is -0.0191. The summed E-state index contributed by atoms with van der Waals surface area (Å²) in [4.78, 5) is 16.4. The molecule has 4 aliphatic rings. The number of anilines is 1. The van der Waals surface area contributed by atoms with Crippen LogP contribution >= 0.6 is 0 Å². The monoisotopic (exact) mass is 371 g/mol. The van der Waals surface area contributed by atoms with Crippen molar-refractivity contribution in [2.24, 2.45) is 5.41 Å². The summed E-state index contributed by atoms with van der Waals surface area (Å²) in [6.07, 6.45) is 7.18. The van der Waals surface area contributed by atoms with Crippen molar-refractivity contribution in [1.82, 2.24) is 0 Å². The number of phenols is 1. The molecule has 27 heavy (non-hydrogen) atoms. The Kier molecular flexibility index (Phi) is 3.62. The van der Waals surface area contributed by atoms with Crippen LogP contribution < -0.4 is 14.5 Å². The Morgan fingerprint density at radius 1 is 1.33 bits per heavy atom. The van der Waals surface area contributed by atoms with Gasteiger partial charge in [0, 0.05) is 18.8 Å². The van der Waals surface area contributed by atoms with E-state index in [2.05, 4.69) is 13.0 Å². The lowest BCUT2D eigenvalue weighted by atomic mass is 9.52. The number of hydrogen-bond acceptors (Lipinski definition) is 3. The molecule has 5 heteroatoms. The van der Waals surface area contributed by atoms with Gasteiger partial charge in [-0.05, 0) is 43.7 Å². The summed E-state index contributed by atoms with van der Waals surface area (Å²) in [5.74, 6) is 0.637. The predicted molar refractivity (Wildman–Crippen MR) is 104 cm³/mol. The number of ether oxygens (including phenoxy) is 1. The Bertz CT molecular complexity index is 809. The van der Waals surface area contributed by atoms with E-state index in [0.29, 0.717) is 17.2 Å². The molecule has 1 aromatic carbocycles. The number of carbonyl (C=O) groups excluding carboxylic acids is 1. The molecule has 3 heterocycles. The number of benzene rings is 1. The van der Waals surface area contributed by atoms with Gasteiger partial charge in [0.1, 0.15) is 6.04 Å². The van der Waals surface area contributed by atoms with E-state index in [1.54, 1.807) is 18.9 Å². The third-order valence-corrected chi connectivity index (χ3v) is 8.51. The van der Waals surface area contributed by atoms with Gasteiger partial charge in [-0.3, -0.25) is 4.79 Å². The second kappa shape index (κ2) is 5.63. The molecule has 5 rings (SSSR count). The number of quaternary nitrogens is 1. The Morgan fingerprint density at radius 3 is 2.85 bits per heavy atom. The number of piperidine rings is 1. The molecule has 146 valence electrons. The largest absolute Gasteiger partial charge is 0.503 e. The highest BCUT2D eigenvalue weighted by Crippen LogP contribution is 2.63. The van der Waals surface area contributed by atoms with Gasteiger partial charge in [0.2, 0.25) is 5.91 Å². The molecule has 0 aromatic heterocycles. The summed E-state index contributed by atoms with van der Waals surface area (Å²) in [5.41, 5.74) is 2.28. The van der Waals surface area contributed by atoms with Crippen LogP contribution in [0, 0.1) is 5.41 Å². The standard InChI is InChI=1S/C22H30N2O3/c1-4-21-9-5-12-23-13-11-22(20(21)23)15-6-7-16(27-3)19(26)18(15)24(14(2)25)17(22)8-10-21/h6-7,17,20,26H,4-5,8-13H2,1-3H3/p+1/t17-,20+,21-,22+/m1/s1. The molecule has 3 fully saturated rings. The molecule has 0 radical (unpaired) electrons. The van der Waals surface area contributed by atoms with Crippen molar-refractivity contribution in [2.45, 2.75) is 69.9 Å². The third kappa shape index (κ3) is 1.91. The van der Waals surface area contributed by atoms with Crippen molar-refractivity contribution in [3.05, 3.63) is 17.7 Å². The summed E-state index contributed by atoms with van der Waals surface area (Å²) in [5, 5.41) is 11.0. The topological polar surface area (TPSA) is 54.2 Å². The first kappa shape index (κ1) is 17.4. The van der Waals surface area contributed by atoms with E-state index < -0.39 is 0 Å². The van der Waals surface area contributed by atoms with Crippen LogP contribution in [-0.4, -0.2) is 43.3 Å². The first-order valence-corrected chi connectivity index (χ1v) is 10.5. The molecule has 5 nitrogen and oxygen atoms in total. The fourth-order valence-corrected chi connectivity index (χ4v) is 7.66. The van der Waals surface area contributed by atoms with Gasteiger partial charge in [-0.1, -0.05) is 13.0 Å². The summed E-state index contributed by atoms with van der Waals surface area (Å²) >= 11 is 0. The lowest BCUT2D eigenvalue weighted by molar-refractivity contribution is -0.930. The van der Waals surface area contributed by atoms with Crippen LogP contribution in [0.5, 0.6) is 11.5 Å². The van der Waals surface area contributed by atoms with E-state index in [1.165, 1.54) is 44.3 Å². The van der Waals surface area contributed by atoms with E-state index in [1.807, 2.05) is 11.0 Å². The van der Waals surface area contributed by atoms with Crippen molar-refractivity contribution in [3.8, 4) is 11.5 Å². The zero-order valence-electron chi connectivity index (χ0n) is 16.7. The minimum absolute atomic E-state index is 0.0191. The number of fused-ring (bicyclic) bond motifs is 1. The molecule has 3 aliphatic heterocycles. The Labute approximate surface area is 161 Å². The number of nitrogens with one attached hydrogen (secondary N) is 1. The van der Waals surface area contributed by atoms with Crippen molar-refractivity contribution in [3.63, 3.8) is 0 Å². The molecular weight excluding hydrogens is 340 g/mol. The molecule has 1 aliphatic carbocycles. The molecule has 2 N–H and O–H groups in total. The molecule has 5 atom stereocenters. The second-order valence-electron chi connectivity index (χ2n) is 9.16. The maximum atomic E-state index is 12.8. The normalized spacial score (nSPS) is 38.9. The number of carbonyl (C=O) groups is 1. The summed E-state index contributed by atoms with van der Waals surface area (Å²) in [7, 11) is 1.57. The summed E-state index contributed by atoms with van der Waals surface area (Å²) in [6, 6.07) is 4.77. The summed E-state index contributed by atoms with van der Waals surface area (Å²) in [6.45, 7) is 6.43. The zero-order valence-corrected chi connectivity index (χ0v) is 16.7. The number of methoxy groups -OCH3 is 1. The maximum absolute atomic E-state index is 12.8. The average Bonchev–Trinajstić information content (AvgIpc) is 3.20. The molecule has 1 amide bonds. The van der Waals surface area contributed by atoms with E-state index in [-0.39, 0.29) is 23.1 Å². The smallest absolute Gasteiger partial charge is 0.224 e. The van der Waals surface area contributed by atoms with Crippen LogP contribution in [0.2, 0.25) is 0 Å². The molecule has 2 saturated heterocycles. The van der Waals surface area contributed by atoms with E-state index in [4.69, 9.17) is 4.74 Å². The lowest BCUT2D eigenvalue weighted by Crippen LogP contribution is -3.17. The van der Waals surface area contributed by atoms with E-state index >= 15 is 0 Å².